The zero-order valence-electron chi connectivity index (χ0n) is 5.73. The van der Waals surface area contributed by atoms with Crippen LogP contribution in [0.1, 0.15) is 0 Å². The van der Waals surface area contributed by atoms with E-state index >= 15 is 0 Å². The van der Waals surface area contributed by atoms with E-state index in [1.807, 2.05) is 4.91 Å². The summed E-state index contributed by atoms with van der Waals surface area (Å²) >= 11 is 0. The van der Waals surface area contributed by atoms with Crippen molar-refractivity contribution in [3.8, 4) is 0 Å². The molecule has 8 heavy (non-hydrogen) atoms. The first-order valence-corrected chi connectivity index (χ1v) is 7.59. The van der Waals surface area contributed by atoms with E-state index in [0.29, 0.717) is 0 Å². The minimum Gasteiger partial charge on any atom is -0.297 e. The third kappa shape index (κ3) is 158. The van der Waals surface area contributed by atoms with E-state index < -0.39 is 0 Å². The van der Waals surface area contributed by atoms with E-state index in [-0.39, 0.29) is 59.7 Å². The number of rotatable bonds is 0. The molecule has 0 bridgehead atoms. The largest absolute Gasteiger partial charge is 1.00 e. The van der Waals surface area contributed by atoms with Gasteiger partial charge in [0.15, 0.2) is 0 Å². The Balaban J connectivity index is -0.0000000575. The molecule has 6 heteroatoms. The predicted molar refractivity (Wildman–Crippen MR) is 35.0 cm³/mol. The van der Waals surface area contributed by atoms with Crippen molar-refractivity contribution in [1.29, 1.82) is 11.1 Å². The third-order valence-corrected chi connectivity index (χ3v) is 0. The first-order chi connectivity index (χ1) is 3.15. The van der Waals surface area contributed by atoms with Gasteiger partial charge in [0.05, 0.1) is 0 Å². The quantitative estimate of drug-likeness (QED) is 0.219. The molecule has 0 rings (SSSR count). The van der Waals surface area contributed by atoms with E-state index in [1.54, 1.807) is 0 Å². The normalized spacial score (nSPS) is 5.50. The van der Waals surface area contributed by atoms with Gasteiger partial charge in [-0.15, -0.1) is 21.4 Å². The predicted octanol–water partition coefficient (Wildman–Crippen LogP) is -3.28. The van der Waals surface area contributed by atoms with Crippen LogP contribution in [-0.2, 0) is 0 Å². The molecule has 0 aliphatic heterocycles. The monoisotopic (exact) mass is 172 g/mol. The van der Waals surface area contributed by atoms with E-state index in [4.69, 9.17) is 11.1 Å². The molecule has 0 saturated heterocycles. The summed E-state index contributed by atoms with van der Waals surface area (Å²) in [6.45, 7) is 4.64. The minimum absolute atomic E-state index is 0. The molecule has 2 N–H and O–H groups in total. The van der Waals surface area contributed by atoms with Crippen molar-refractivity contribution in [3.63, 3.8) is 0 Å². The molecule has 0 aliphatic rings. The fraction of sp³-hybridized carbons (Fsp3) is 1.00. The van der Waals surface area contributed by atoms with Crippen molar-refractivity contribution in [2.24, 2.45) is 0 Å². The summed E-state index contributed by atoms with van der Waals surface area (Å²) in [6.07, 6.45) is 0. The van der Waals surface area contributed by atoms with Crippen LogP contribution in [0.3, 0.4) is 0 Å². The Morgan fingerprint density at radius 3 is 1.38 bits per heavy atom. The topological polar surface area (TPSA) is 61.8 Å². The summed E-state index contributed by atoms with van der Waals surface area (Å²) in [5.74, 6) is 0. The van der Waals surface area contributed by atoms with Gasteiger partial charge < -0.3 is 0 Å². The molecule has 0 aromatic carbocycles. The molecule has 0 aliphatic carbocycles. The van der Waals surface area contributed by atoms with Gasteiger partial charge >= 0.3 is 51.4 Å². The SMILES string of the molecule is C[SiH](C)[SiH2-].N=[N+]=N.[K+]. The number of nitrogens with one attached hydrogen (secondary N) is 2. The van der Waals surface area contributed by atoms with E-state index in [1.165, 1.54) is 0 Å². The Morgan fingerprint density at radius 1 is 1.38 bits per heavy atom. The van der Waals surface area contributed by atoms with Gasteiger partial charge in [0, 0.05) is 0 Å². The van der Waals surface area contributed by atoms with Gasteiger partial charge in [0.1, 0.15) is 11.1 Å². The molecule has 42 valence electrons. The molecule has 3 nitrogen and oxygen atoms in total. The molecule has 0 aromatic rings. The molecule has 0 heterocycles. The molecule has 0 radical (unpaired) electrons. The second kappa shape index (κ2) is 15.8. The number of nitrogens with zero attached hydrogens (tertiary/aromatic N) is 1. The van der Waals surface area contributed by atoms with Crippen LogP contribution < -0.4 is 56.3 Å². The van der Waals surface area contributed by atoms with E-state index in [2.05, 4.69) is 22.9 Å². The van der Waals surface area contributed by atoms with Crippen LogP contribution in [0.15, 0.2) is 0 Å². The third-order valence-electron chi connectivity index (χ3n) is 0. The summed E-state index contributed by atoms with van der Waals surface area (Å²) in [7, 11) is 2.03. The van der Waals surface area contributed by atoms with Crippen molar-refractivity contribution >= 4 is 18.1 Å². The maximum atomic E-state index is 5.50. The average molecular weight is 172 g/mol. The fourth-order valence-corrected chi connectivity index (χ4v) is 0. The van der Waals surface area contributed by atoms with Crippen LogP contribution in [0.4, 0.5) is 0 Å². The number of hydrogen-bond acceptors (Lipinski definition) is 2. The molecule has 0 aromatic heterocycles. The van der Waals surface area contributed by atoms with Gasteiger partial charge in [-0.2, -0.15) is 0 Å². The molecule has 0 atom stereocenters. The Hall–Kier alpha value is 1.38. The van der Waals surface area contributed by atoms with Crippen molar-refractivity contribution in [2.75, 3.05) is 0 Å². The van der Waals surface area contributed by atoms with Crippen molar-refractivity contribution in [2.45, 2.75) is 13.1 Å². The molecule has 0 unspecified atom stereocenters. The maximum Gasteiger partial charge on any atom is 1.00 e. The van der Waals surface area contributed by atoms with Crippen molar-refractivity contribution in [1.82, 2.24) is 4.91 Å². The smallest absolute Gasteiger partial charge is 0.297 e. The van der Waals surface area contributed by atoms with Gasteiger partial charge in [-0.3, -0.25) is 9.76 Å². The van der Waals surface area contributed by atoms with Crippen LogP contribution in [0.25, 0.3) is 0 Å². The van der Waals surface area contributed by atoms with Gasteiger partial charge in [-0.1, -0.05) is 0 Å². The van der Waals surface area contributed by atoms with Gasteiger partial charge in [-0.05, 0) is 0 Å². The maximum absolute atomic E-state index is 5.50. The zero-order valence-corrected chi connectivity index (χ0v) is 11.4. The minimum atomic E-state index is -0.111. The Labute approximate surface area is 96.9 Å². The second-order valence-corrected chi connectivity index (χ2v) is 9.19. The first kappa shape index (κ1) is 16.2. The molecule has 0 saturated carbocycles. The molecular weight excluding hydrogens is 161 g/mol. The van der Waals surface area contributed by atoms with Gasteiger partial charge in [0.25, 0.3) is 0 Å². The Morgan fingerprint density at radius 2 is 1.38 bits per heavy atom. The first-order valence-electron chi connectivity index (χ1n) is 2.01. The van der Waals surface area contributed by atoms with E-state index in [9.17, 15) is 0 Å². The summed E-state index contributed by atoms with van der Waals surface area (Å²) in [5, 5.41) is 0. The molecule has 0 amide bonds. The molecule has 0 fully saturated rings. The van der Waals surface area contributed by atoms with Crippen LogP contribution in [0.5, 0.6) is 0 Å². The zero-order chi connectivity index (χ0) is 6.28. The van der Waals surface area contributed by atoms with Crippen LogP contribution >= 0.6 is 0 Å². The Bertz CT molecular complexity index is 57.5. The summed E-state index contributed by atoms with van der Waals surface area (Å²) < 4.78 is 0. The summed E-state index contributed by atoms with van der Waals surface area (Å²) in [4.78, 5) is 2.00. The summed E-state index contributed by atoms with van der Waals surface area (Å²) in [6, 6.07) is 0. The van der Waals surface area contributed by atoms with Crippen LogP contribution in [-0.4, -0.2) is 18.1 Å². The standard InChI is InChI=1S/C2H9Si2.K.H2N3/c1-4(2)3;;1-3-2/h4H,3H2,1-2H3;;1-2H/q-1;2*+1. The number of hydrogen-bond donors (Lipinski definition) is 2. The second-order valence-electron chi connectivity index (χ2n) is 1.51. The molecule has 0 spiro atoms. The average Bonchev–Trinajstić information content (AvgIpc) is 1.33. The summed E-state index contributed by atoms with van der Waals surface area (Å²) in [5.41, 5.74) is 11.0. The van der Waals surface area contributed by atoms with Crippen LogP contribution in [0, 0.1) is 11.1 Å². The van der Waals surface area contributed by atoms with Crippen molar-refractivity contribution in [3.05, 3.63) is 0 Å². The van der Waals surface area contributed by atoms with Gasteiger partial charge in [-0.25, -0.2) is 0 Å². The fourth-order valence-electron chi connectivity index (χ4n) is 0. The van der Waals surface area contributed by atoms with Crippen molar-refractivity contribution < 1.29 is 51.4 Å². The Kier molecular flexibility index (Phi) is 31.9. The van der Waals surface area contributed by atoms with Crippen LogP contribution in [0.2, 0.25) is 13.1 Å². The van der Waals surface area contributed by atoms with Gasteiger partial charge in [0.2, 0.25) is 4.91 Å². The molecular formula is C2H11KN3Si2+. The van der Waals surface area contributed by atoms with E-state index in [0.717, 1.165) is 0 Å².